The monoisotopic (exact) mass is 250 g/mol. The molecule has 2 aromatic rings. The van der Waals surface area contributed by atoms with Gasteiger partial charge in [-0.25, -0.2) is 9.37 Å². The molecule has 0 atom stereocenters. The van der Waals surface area contributed by atoms with Crippen molar-refractivity contribution in [1.29, 1.82) is 0 Å². The second-order valence-corrected chi connectivity index (χ2v) is 3.46. The van der Waals surface area contributed by atoms with E-state index in [-0.39, 0.29) is 17.9 Å². The molecular formula is C11H11FN4O2. The number of nitrogens with one attached hydrogen (secondary N) is 2. The number of halogens is 1. The third kappa shape index (κ3) is 2.62. The van der Waals surface area contributed by atoms with E-state index in [1.54, 1.807) is 0 Å². The van der Waals surface area contributed by atoms with Crippen molar-refractivity contribution in [1.82, 2.24) is 20.5 Å². The van der Waals surface area contributed by atoms with Crippen molar-refractivity contribution < 1.29 is 13.9 Å². The molecule has 1 amide bonds. The van der Waals surface area contributed by atoms with Crippen molar-refractivity contribution >= 4 is 5.91 Å². The molecule has 0 fully saturated rings. The van der Waals surface area contributed by atoms with Gasteiger partial charge in [0.1, 0.15) is 12.2 Å². The molecule has 1 aromatic heterocycles. The van der Waals surface area contributed by atoms with E-state index < -0.39 is 11.7 Å². The van der Waals surface area contributed by atoms with Gasteiger partial charge in [-0.1, -0.05) is 0 Å². The van der Waals surface area contributed by atoms with E-state index in [2.05, 4.69) is 20.5 Å². The molecule has 0 unspecified atom stereocenters. The molecule has 1 heterocycles. The summed E-state index contributed by atoms with van der Waals surface area (Å²) in [6, 6.07) is 4.00. The minimum atomic E-state index is -0.579. The van der Waals surface area contributed by atoms with E-state index >= 15 is 0 Å². The van der Waals surface area contributed by atoms with Crippen molar-refractivity contribution in [2.24, 2.45) is 0 Å². The minimum Gasteiger partial charge on any atom is -0.494 e. The highest BCUT2D eigenvalue weighted by atomic mass is 19.1. The first kappa shape index (κ1) is 12.0. The highest BCUT2D eigenvalue weighted by Gasteiger charge is 2.10. The predicted octanol–water partition coefficient (Wildman–Crippen LogP) is 0.882. The highest BCUT2D eigenvalue weighted by Crippen LogP contribution is 2.17. The Morgan fingerprint density at radius 3 is 3.00 bits per heavy atom. The van der Waals surface area contributed by atoms with Crippen LogP contribution in [-0.4, -0.2) is 28.2 Å². The number of H-pyrrole nitrogens is 1. The lowest BCUT2D eigenvalue weighted by Crippen LogP contribution is -2.23. The summed E-state index contributed by atoms with van der Waals surface area (Å²) in [4.78, 5) is 15.6. The lowest BCUT2D eigenvalue weighted by atomic mass is 10.2. The van der Waals surface area contributed by atoms with Gasteiger partial charge in [-0.15, -0.1) is 0 Å². The van der Waals surface area contributed by atoms with E-state index in [0.29, 0.717) is 5.82 Å². The molecule has 2 rings (SSSR count). The Bertz CT molecular complexity index is 542. The molecule has 0 aliphatic rings. The highest BCUT2D eigenvalue weighted by molar-refractivity contribution is 5.94. The van der Waals surface area contributed by atoms with Gasteiger partial charge in [0.05, 0.1) is 13.7 Å². The lowest BCUT2D eigenvalue weighted by Gasteiger charge is -2.05. The van der Waals surface area contributed by atoms with Crippen LogP contribution in [0.2, 0.25) is 0 Å². The van der Waals surface area contributed by atoms with Gasteiger partial charge >= 0.3 is 0 Å². The Hall–Kier alpha value is -2.44. The van der Waals surface area contributed by atoms with E-state index in [1.807, 2.05) is 0 Å². The number of aromatic nitrogens is 3. The molecule has 0 aliphatic heterocycles. The van der Waals surface area contributed by atoms with Crippen LogP contribution in [0.15, 0.2) is 24.5 Å². The first-order valence-electron chi connectivity index (χ1n) is 5.16. The largest absolute Gasteiger partial charge is 0.494 e. The van der Waals surface area contributed by atoms with E-state index in [1.165, 1.54) is 25.6 Å². The van der Waals surface area contributed by atoms with Crippen molar-refractivity contribution in [3.05, 3.63) is 41.7 Å². The van der Waals surface area contributed by atoms with Gasteiger partial charge in [-0.05, 0) is 18.2 Å². The summed E-state index contributed by atoms with van der Waals surface area (Å²) in [6.07, 6.45) is 1.34. The molecule has 0 saturated carbocycles. The van der Waals surface area contributed by atoms with Gasteiger partial charge in [-0.2, -0.15) is 5.10 Å². The van der Waals surface area contributed by atoms with Crippen LogP contribution in [0.3, 0.4) is 0 Å². The van der Waals surface area contributed by atoms with Crippen LogP contribution in [0, 0.1) is 5.82 Å². The smallest absolute Gasteiger partial charge is 0.251 e. The molecular weight excluding hydrogens is 239 g/mol. The third-order valence-corrected chi connectivity index (χ3v) is 2.30. The molecule has 0 spiro atoms. The molecule has 6 nitrogen and oxygen atoms in total. The molecule has 0 bridgehead atoms. The van der Waals surface area contributed by atoms with Gasteiger partial charge in [0.15, 0.2) is 11.6 Å². The fraction of sp³-hybridized carbons (Fsp3) is 0.182. The molecule has 0 radical (unpaired) electrons. The van der Waals surface area contributed by atoms with Crippen LogP contribution in [0.4, 0.5) is 4.39 Å². The van der Waals surface area contributed by atoms with Gasteiger partial charge in [0.2, 0.25) is 0 Å². The lowest BCUT2D eigenvalue weighted by molar-refractivity contribution is 0.0949. The first-order chi connectivity index (χ1) is 8.70. The van der Waals surface area contributed by atoms with Crippen molar-refractivity contribution in [3.8, 4) is 5.75 Å². The predicted molar refractivity (Wildman–Crippen MR) is 60.5 cm³/mol. The molecule has 1 aromatic carbocycles. The third-order valence-electron chi connectivity index (χ3n) is 2.30. The zero-order valence-corrected chi connectivity index (χ0v) is 9.61. The van der Waals surface area contributed by atoms with Crippen LogP contribution >= 0.6 is 0 Å². The van der Waals surface area contributed by atoms with Crippen molar-refractivity contribution in [2.75, 3.05) is 7.11 Å². The fourth-order valence-corrected chi connectivity index (χ4v) is 1.39. The Balaban J connectivity index is 2.02. The Kier molecular flexibility index (Phi) is 3.52. The number of carbonyl (C=O) groups is 1. The van der Waals surface area contributed by atoms with Gasteiger partial charge < -0.3 is 10.1 Å². The maximum Gasteiger partial charge on any atom is 0.251 e. The molecule has 0 aliphatic carbocycles. The molecule has 18 heavy (non-hydrogen) atoms. The number of methoxy groups -OCH3 is 1. The zero-order chi connectivity index (χ0) is 13.0. The topological polar surface area (TPSA) is 79.9 Å². The van der Waals surface area contributed by atoms with Crippen LogP contribution in [0.1, 0.15) is 16.2 Å². The number of benzene rings is 1. The van der Waals surface area contributed by atoms with Gasteiger partial charge in [-0.3, -0.25) is 9.89 Å². The quantitative estimate of drug-likeness (QED) is 0.844. The number of hydrogen-bond acceptors (Lipinski definition) is 4. The Morgan fingerprint density at radius 2 is 2.39 bits per heavy atom. The molecule has 7 heteroatoms. The van der Waals surface area contributed by atoms with E-state index in [9.17, 15) is 9.18 Å². The van der Waals surface area contributed by atoms with Crippen molar-refractivity contribution in [3.63, 3.8) is 0 Å². The summed E-state index contributed by atoms with van der Waals surface area (Å²) < 4.78 is 18.2. The summed E-state index contributed by atoms with van der Waals surface area (Å²) in [6.45, 7) is 0.201. The van der Waals surface area contributed by atoms with Crippen LogP contribution < -0.4 is 10.1 Å². The summed E-state index contributed by atoms with van der Waals surface area (Å²) >= 11 is 0. The van der Waals surface area contributed by atoms with E-state index in [0.717, 1.165) is 6.07 Å². The summed E-state index contributed by atoms with van der Waals surface area (Å²) in [5.41, 5.74) is 0.216. The van der Waals surface area contributed by atoms with E-state index in [4.69, 9.17) is 4.74 Å². The number of carbonyl (C=O) groups excluding carboxylic acids is 1. The number of aromatic amines is 1. The zero-order valence-electron chi connectivity index (χ0n) is 9.61. The SMILES string of the molecule is COc1ccc(C(=O)NCc2ncn[nH]2)cc1F. The summed E-state index contributed by atoms with van der Waals surface area (Å²) in [7, 11) is 1.36. The van der Waals surface area contributed by atoms with Crippen molar-refractivity contribution in [2.45, 2.75) is 6.54 Å². The second-order valence-electron chi connectivity index (χ2n) is 3.46. The fourth-order valence-electron chi connectivity index (χ4n) is 1.39. The Morgan fingerprint density at radius 1 is 1.56 bits per heavy atom. The second kappa shape index (κ2) is 5.26. The number of hydrogen-bond donors (Lipinski definition) is 2. The van der Waals surface area contributed by atoms with Gasteiger partial charge in [0, 0.05) is 5.56 Å². The maximum absolute atomic E-state index is 13.4. The number of ether oxygens (including phenoxy) is 1. The van der Waals surface area contributed by atoms with Crippen LogP contribution in [0.5, 0.6) is 5.75 Å². The maximum atomic E-state index is 13.4. The normalized spacial score (nSPS) is 10.1. The minimum absolute atomic E-state index is 0.0989. The first-order valence-corrected chi connectivity index (χ1v) is 5.16. The average molecular weight is 250 g/mol. The van der Waals surface area contributed by atoms with Crippen LogP contribution in [0.25, 0.3) is 0 Å². The Labute approximate surface area is 102 Å². The van der Waals surface area contributed by atoms with Gasteiger partial charge in [0.25, 0.3) is 5.91 Å². The molecule has 2 N–H and O–H groups in total. The summed E-state index contributed by atoms with van der Waals surface area (Å²) in [5.74, 6) is -0.350. The average Bonchev–Trinajstić information content (AvgIpc) is 2.89. The van der Waals surface area contributed by atoms with Crippen LogP contribution in [-0.2, 0) is 6.54 Å². The number of nitrogens with zero attached hydrogens (tertiary/aromatic N) is 2. The standard InChI is InChI=1S/C11H11FN4O2/c1-18-9-3-2-7(4-8(9)12)11(17)13-5-10-14-6-15-16-10/h2-4,6H,5H2,1H3,(H,13,17)(H,14,15,16). The number of rotatable bonds is 4. The molecule has 94 valence electrons. The summed E-state index contributed by atoms with van der Waals surface area (Å²) in [5, 5.41) is 8.84. The number of amides is 1. The molecule has 0 saturated heterocycles.